The van der Waals surface area contributed by atoms with E-state index in [2.05, 4.69) is 4.74 Å². The lowest BCUT2D eigenvalue weighted by atomic mass is 9.92. The summed E-state index contributed by atoms with van der Waals surface area (Å²) in [4.78, 5) is 46.3. The van der Waals surface area contributed by atoms with E-state index in [0.29, 0.717) is 48.2 Å². The van der Waals surface area contributed by atoms with Gasteiger partial charge >= 0.3 is 6.36 Å². The first-order chi connectivity index (χ1) is 22.4. The predicted octanol–water partition coefficient (Wildman–Crippen LogP) is 6.98. The molecular formula is C35H34F3N3O5S. The summed E-state index contributed by atoms with van der Waals surface area (Å²) in [5, 5.41) is 15.1. The first kappa shape index (κ1) is 33.8. The van der Waals surface area contributed by atoms with Crippen molar-refractivity contribution in [3.8, 4) is 16.9 Å². The van der Waals surface area contributed by atoms with Crippen LogP contribution in [0.25, 0.3) is 11.1 Å². The largest absolute Gasteiger partial charge is 0.573 e. The fourth-order valence-corrected chi connectivity index (χ4v) is 7.30. The minimum Gasteiger partial charge on any atom is -0.498 e. The number of aromatic nitrogens is 1. The molecule has 2 heterocycles. The van der Waals surface area contributed by atoms with Gasteiger partial charge in [0.15, 0.2) is 6.04 Å². The molecule has 2 atom stereocenters. The highest BCUT2D eigenvalue weighted by Gasteiger charge is 2.44. The van der Waals surface area contributed by atoms with Crippen molar-refractivity contribution in [2.45, 2.75) is 51.9 Å². The Balaban J connectivity index is 1.32. The van der Waals surface area contributed by atoms with Gasteiger partial charge in [0, 0.05) is 30.1 Å². The van der Waals surface area contributed by atoms with Gasteiger partial charge in [0.25, 0.3) is 12.0 Å². The second-order valence-corrected chi connectivity index (χ2v) is 12.4. The summed E-state index contributed by atoms with van der Waals surface area (Å²) in [5.74, 6) is -0.624. The number of amides is 2. The summed E-state index contributed by atoms with van der Waals surface area (Å²) in [6.45, 7) is 6.05. The number of quaternary nitrogens is 1. The standard InChI is InChI=1S/C35H34F3N3O5S/c1-4-41(34(44)45,23(3)31(42)25-10-6-5-7-11-25)29-21-47-32(39-29)26-17-19-40(20-18-26)33(43)28-12-8-9-22(2)30(28)24-13-15-27(16-14-24)46-35(36,37)38/h5-16,21,23,26H,4,17-20H2,1-3H3. The maximum atomic E-state index is 13.8. The molecule has 1 aliphatic heterocycles. The first-order valence-corrected chi connectivity index (χ1v) is 16.1. The molecule has 5 rings (SSSR count). The van der Waals surface area contributed by atoms with Crippen molar-refractivity contribution < 1.29 is 37.4 Å². The number of thiazole rings is 1. The van der Waals surface area contributed by atoms with Crippen LogP contribution in [0.3, 0.4) is 0 Å². The van der Waals surface area contributed by atoms with Crippen molar-refractivity contribution in [1.29, 1.82) is 0 Å². The third-order valence-corrected chi connectivity index (χ3v) is 9.85. The van der Waals surface area contributed by atoms with E-state index in [1.54, 1.807) is 66.6 Å². The Morgan fingerprint density at radius 3 is 2.28 bits per heavy atom. The minimum atomic E-state index is -4.80. The van der Waals surface area contributed by atoms with Gasteiger partial charge in [-0.05, 0) is 68.5 Å². The highest BCUT2D eigenvalue weighted by Crippen LogP contribution is 2.37. The number of hydrogen-bond acceptors (Lipinski definition) is 7. The molecule has 2 unspecified atom stereocenters. The van der Waals surface area contributed by atoms with Gasteiger partial charge in [-0.2, -0.15) is 4.98 Å². The molecule has 0 bridgehead atoms. The molecule has 2 amide bonds. The zero-order valence-electron chi connectivity index (χ0n) is 26.1. The molecular weight excluding hydrogens is 631 g/mol. The number of hydrogen-bond donors (Lipinski definition) is 0. The molecule has 0 saturated carbocycles. The SMILES string of the molecule is CC[N+](C(=O)[O-])(c1csc(C2CCN(C(=O)c3cccc(C)c3-c3ccc(OC(F)(F)F)cc3)CC2)n1)C(C)C(=O)c1ccccc1. The number of carbonyl (C=O) groups is 3. The Kier molecular flexibility index (Phi) is 9.83. The van der Waals surface area contributed by atoms with Gasteiger partial charge in [-0.25, -0.2) is 4.48 Å². The summed E-state index contributed by atoms with van der Waals surface area (Å²) in [6, 6.07) is 18.4. The maximum Gasteiger partial charge on any atom is 0.573 e. The fraction of sp³-hybridized carbons (Fsp3) is 0.314. The van der Waals surface area contributed by atoms with Crippen LogP contribution in [-0.4, -0.2) is 59.7 Å². The number of benzene rings is 3. The van der Waals surface area contributed by atoms with Gasteiger partial charge in [0.2, 0.25) is 11.6 Å². The van der Waals surface area contributed by atoms with Crippen molar-refractivity contribution in [1.82, 2.24) is 14.4 Å². The number of Topliss-reactive ketones (excluding diaryl/α,β-unsaturated/α-hetero) is 1. The molecule has 1 fully saturated rings. The molecule has 3 aromatic carbocycles. The van der Waals surface area contributed by atoms with Crippen LogP contribution in [0.4, 0.5) is 23.8 Å². The van der Waals surface area contributed by atoms with E-state index in [-0.39, 0.29) is 35.7 Å². The van der Waals surface area contributed by atoms with Crippen LogP contribution < -0.4 is 14.3 Å². The molecule has 0 spiro atoms. The van der Waals surface area contributed by atoms with Crippen molar-refractivity contribution >= 4 is 34.9 Å². The molecule has 1 aliphatic rings. The number of carbonyl (C=O) groups excluding carboxylic acids is 3. The van der Waals surface area contributed by atoms with Gasteiger partial charge in [-0.1, -0.05) is 54.6 Å². The Bertz CT molecular complexity index is 1750. The van der Waals surface area contributed by atoms with Crippen molar-refractivity contribution in [3.63, 3.8) is 0 Å². The zero-order valence-corrected chi connectivity index (χ0v) is 26.9. The zero-order chi connectivity index (χ0) is 33.9. The number of alkyl halides is 3. The van der Waals surface area contributed by atoms with Crippen LogP contribution in [0.15, 0.2) is 78.2 Å². The van der Waals surface area contributed by atoms with Gasteiger partial charge in [0.05, 0.1) is 11.9 Å². The monoisotopic (exact) mass is 665 g/mol. The summed E-state index contributed by atoms with van der Waals surface area (Å²) in [7, 11) is 0. The number of likely N-dealkylation sites (tertiary alicyclic amines) is 1. The smallest absolute Gasteiger partial charge is 0.498 e. The van der Waals surface area contributed by atoms with Gasteiger partial charge in [-0.15, -0.1) is 24.5 Å². The maximum absolute atomic E-state index is 13.8. The van der Waals surface area contributed by atoms with Crippen LogP contribution in [-0.2, 0) is 0 Å². The number of nitrogens with zero attached hydrogens (tertiary/aromatic N) is 3. The van der Waals surface area contributed by atoms with E-state index in [9.17, 15) is 32.7 Å². The lowest BCUT2D eigenvalue weighted by Gasteiger charge is -2.38. The Labute approximate surface area is 274 Å². The van der Waals surface area contributed by atoms with Gasteiger partial charge in [-0.3, -0.25) is 9.59 Å². The van der Waals surface area contributed by atoms with E-state index in [4.69, 9.17) is 4.98 Å². The van der Waals surface area contributed by atoms with E-state index in [0.717, 1.165) is 10.6 Å². The summed E-state index contributed by atoms with van der Waals surface area (Å²) in [5.41, 5.74) is 2.89. The molecule has 47 heavy (non-hydrogen) atoms. The number of likely N-dealkylation sites (N-methyl/N-ethyl adjacent to an activating group) is 1. The number of rotatable bonds is 9. The molecule has 0 N–H and O–H groups in total. The number of aryl methyl sites for hydroxylation is 1. The van der Waals surface area contributed by atoms with Crippen LogP contribution in [0, 0.1) is 6.92 Å². The summed E-state index contributed by atoms with van der Waals surface area (Å²) >= 11 is 1.34. The van der Waals surface area contributed by atoms with Crippen molar-refractivity contribution in [2.75, 3.05) is 19.6 Å². The van der Waals surface area contributed by atoms with Crippen LogP contribution in [0.2, 0.25) is 0 Å². The summed E-state index contributed by atoms with van der Waals surface area (Å²) in [6.07, 6.45) is -5.01. The highest BCUT2D eigenvalue weighted by molar-refractivity contribution is 7.10. The fourth-order valence-electron chi connectivity index (χ4n) is 6.26. The molecule has 0 aliphatic carbocycles. The number of halogens is 3. The Morgan fingerprint density at radius 1 is 1.02 bits per heavy atom. The van der Waals surface area contributed by atoms with E-state index in [1.165, 1.54) is 35.6 Å². The van der Waals surface area contributed by atoms with E-state index in [1.807, 2.05) is 13.0 Å². The van der Waals surface area contributed by atoms with Crippen LogP contribution >= 0.6 is 11.3 Å². The lowest BCUT2D eigenvalue weighted by Crippen LogP contribution is -2.67. The van der Waals surface area contributed by atoms with Crippen molar-refractivity contribution in [3.05, 3.63) is 99.9 Å². The van der Waals surface area contributed by atoms with E-state index < -0.39 is 23.0 Å². The number of ether oxygens (including phenoxy) is 1. The topological polar surface area (TPSA) is 99.6 Å². The molecule has 8 nitrogen and oxygen atoms in total. The Hall–Kier alpha value is -4.55. The number of carboxylic acid groups (broad SMARTS) is 1. The van der Waals surface area contributed by atoms with Crippen LogP contribution in [0.5, 0.6) is 5.75 Å². The molecule has 0 radical (unpaired) electrons. The average Bonchev–Trinajstić information content (AvgIpc) is 3.55. The second-order valence-electron chi connectivity index (χ2n) is 11.5. The number of piperidine rings is 1. The highest BCUT2D eigenvalue weighted by atomic mass is 32.1. The number of ketones is 1. The molecule has 12 heteroatoms. The molecule has 4 aromatic rings. The average molecular weight is 666 g/mol. The molecule has 1 aromatic heterocycles. The first-order valence-electron chi connectivity index (χ1n) is 15.2. The predicted molar refractivity (Wildman–Crippen MR) is 171 cm³/mol. The van der Waals surface area contributed by atoms with Gasteiger partial charge < -0.3 is 19.5 Å². The molecule has 1 saturated heterocycles. The third-order valence-electron chi connectivity index (χ3n) is 8.85. The normalized spacial score (nSPS) is 15.9. The Morgan fingerprint density at radius 2 is 1.68 bits per heavy atom. The summed E-state index contributed by atoms with van der Waals surface area (Å²) < 4.78 is 41.2. The second kappa shape index (κ2) is 13.7. The van der Waals surface area contributed by atoms with Crippen LogP contribution in [0.1, 0.15) is 63.9 Å². The van der Waals surface area contributed by atoms with E-state index >= 15 is 0 Å². The third kappa shape index (κ3) is 6.93. The minimum absolute atomic E-state index is 0.0170. The van der Waals surface area contributed by atoms with Gasteiger partial charge in [0.1, 0.15) is 10.8 Å². The molecule has 246 valence electrons. The lowest BCUT2D eigenvalue weighted by molar-refractivity contribution is -0.274. The quantitative estimate of drug-likeness (QED) is 0.141. The van der Waals surface area contributed by atoms with Crippen molar-refractivity contribution in [2.24, 2.45) is 0 Å².